The molecule has 0 amide bonds. The fourth-order valence-electron chi connectivity index (χ4n) is 0.886. The van der Waals surface area contributed by atoms with Crippen LogP contribution in [0.25, 0.3) is 0 Å². The van der Waals surface area contributed by atoms with Gasteiger partial charge in [0.2, 0.25) is 29.1 Å². The van der Waals surface area contributed by atoms with Crippen LogP contribution >= 0.6 is 0 Å². The molecule has 0 atom stereocenters. The maximum Gasteiger partial charge on any atom is 0.207 e. The van der Waals surface area contributed by atoms with Crippen LogP contribution in [0.4, 0.5) is 22.0 Å². The van der Waals surface area contributed by atoms with Gasteiger partial charge in [0.25, 0.3) is 0 Å². The molecule has 0 heterocycles. The molecule has 4 nitrogen and oxygen atoms in total. The number of nitrogens with zero attached hydrogens (tertiary/aromatic N) is 1. The van der Waals surface area contributed by atoms with Gasteiger partial charge in [-0.05, 0) is 0 Å². The van der Waals surface area contributed by atoms with Crippen LogP contribution in [-0.2, 0) is 0 Å². The first kappa shape index (κ1) is 13.0. The highest BCUT2D eigenvalue weighted by atomic mass is 19.2. The molecule has 0 bridgehead atoms. The lowest BCUT2D eigenvalue weighted by Crippen LogP contribution is -2.22. The van der Waals surface area contributed by atoms with Crippen molar-refractivity contribution in [2.45, 2.75) is 0 Å². The molecule has 17 heavy (non-hydrogen) atoms. The molecule has 0 unspecified atom stereocenters. The predicted molar refractivity (Wildman–Crippen MR) is 45.1 cm³/mol. The van der Waals surface area contributed by atoms with Gasteiger partial charge in [0.1, 0.15) is 6.61 Å². The number of nitrogens with two attached hydrogens (primary N) is 1. The Hall–Kier alpha value is -2.06. The Labute approximate surface area is 91.1 Å². The Bertz CT molecular complexity index is 448. The molecular formula is C8H5F5N2O2. The number of rotatable bonds is 3. The van der Waals surface area contributed by atoms with Crippen molar-refractivity contribution < 1.29 is 31.9 Å². The summed E-state index contributed by atoms with van der Waals surface area (Å²) in [5.41, 5.74) is 4.90. The molecule has 0 aliphatic rings. The minimum atomic E-state index is -2.30. The molecule has 3 N–H and O–H groups in total. The summed E-state index contributed by atoms with van der Waals surface area (Å²) in [7, 11) is 0. The van der Waals surface area contributed by atoms with E-state index in [0.717, 1.165) is 0 Å². The number of ether oxygens (including phenoxy) is 1. The second-order valence-electron chi connectivity index (χ2n) is 2.78. The van der Waals surface area contributed by atoms with Crippen LogP contribution in [-0.4, -0.2) is 17.6 Å². The number of benzene rings is 1. The summed E-state index contributed by atoms with van der Waals surface area (Å²) >= 11 is 0. The lowest BCUT2D eigenvalue weighted by atomic mass is 10.2. The third-order valence-corrected chi connectivity index (χ3v) is 1.66. The molecule has 0 saturated carbocycles. The van der Waals surface area contributed by atoms with Crippen molar-refractivity contribution in [3.8, 4) is 5.75 Å². The largest absolute Gasteiger partial charge is 0.479 e. The highest BCUT2D eigenvalue weighted by molar-refractivity contribution is 5.81. The van der Waals surface area contributed by atoms with E-state index in [4.69, 9.17) is 10.9 Å². The first-order valence-corrected chi connectivity index (χ1v) is 4.00. The third-order valence-electron chi connectivity index (χ3n) is 1.66. The molecule has 94 valence electrons. The fourth-order valence-corrected chi connectivity index (χ4v) is 0.886. The van der Waals surface area contributed by atoms with Gasteiger partial charge < -0.3 is 15.7 Å². The van der Waals surface area contributed by atoms with Crippen LogP contribution in [0.5, 0.6) is 5.75 Å². The zero-order valence-electron chi connectivity index (χ0n) is 7.98. The molecule has 0 aliphatic carbocycles. The summed E-state index contributed by atoms with van der Waals surface area (Å²) in [4.78, 5) is 0. The Balaban J connectivity index is 3.16. The van der Waals surface area contributed by atoms with Crippen molar-refractivity contribution in [1.82, 2.24) is 0 Å². The number of oxime groups is 1. The van der Waals surface area contributed by atoms with Crippen LogP contribution in [0, 0.1) is 29.1 Å². The van der Waals surface area contributed by atoms with E-state index >= 15 is 0 Å². The first-order valence-electron chi connectivity index (χ1n) is 4.00. The fraction of sp³-hybridized carbons (Fsp3) is 0.125. The van der Waals surface area contributed by atoms with Crippen LogP contribution in [0.3, 0.4) is 0 Å². The third kappa shape index (κ3) is 2.37. The standard InChI is InChI=1S/C8H5F5N2O2/c9-3-4(10)6(12)8(7(13)5(3)11)17-1-2(14)15-16/h16H,1H2,(H2,14,15). The van der Waals surface area contributed by atoms with Gasteiger partial charge in [0.05, 0.1) is 0 Å². The average molecular weight is 256 g/mol. The van der Waals surface area contributed by atoms with E-state index in [1.807, 2.05) is 0 Å². The zero-order valence-corrected chi connectivity index (χ0v) is 7.98. The number of amidine groups is 1. The molecule has 1 aromatic rings. The van der Waals surface area contributed by atoms with Crippen LogP contribution in [0.2, 0.25) is 0 Å². The van der Waals surface area contributed by atoms with E-state index in [0.29, 0.717) is 0 Å². The lowest BCUT2D eigenvalue weighted by Gasteiger charge is -2.09. The van der Waals surface area contributed by atoms with Crippen molar-refractivity contribution in [2.24, 2.45) is 10.9 Å². The predicted octanol–water partition coefficient (Wildman–Crippen LogP) is 1.51. The van der Waals surface area contributed by atoms with Crippen molar-refractivity contribution in [3.05, 3.63) is 29.1 Å². The summed E-state index contributed by atoms with van der Waals surface area (Å²) in [5, 5.41) is 10.5. The molecule has 1 rings (SSSR count). The molecule has 9 heteroatoms. The molecule has 0 aliphatic heterocycles. The average Bonchev–Trinajstić information content (AvgIpc) is 2.33. The Kier molecular flexibility index (Phi) is 3.71. The van der Waals surface area contributed by atoms with E-state index < -0.39 is 47.3 Å². The second-order valence-corrected chi connectivity index (χ2v) is 2.78. The van der Waals surface area contributed by atoms with Gasteiger partial charge in [-0.15, -0.1) is 0 Å². The number of hydrogen-bond acceptors (Lipinski definition) is 3. The number of hydrogen-bond donors (Lipinski definition) is 2. The summed E-state index contributed by atoms with van der Waals surface area (Å²) in [6.45, 7) is -0.838. The Morgan fingerprint density at radius 2 is 1.41 bits per heavy atom. The van der Waals surface area contributed by atoms with E-state index in [9.17, 15) is 22.0 Å². The first-order chi connectivity index (χ1) is 7.90. The monoisotopic (exact) mass is 256 g/mol. The normalized spacial score (nSPS) is 11.7. The SMILES string of the molecule is N/C(COc1c(F)c(F)c(F)c(F)c1F)=N\O. The molecule has 0 saturated heterocycles. The van der Waals surface area contributed by atoms with Gasteiger partial charge in [0.15, 0.2) is 11.6 Å². The molecule has 0 aromatic heterocycles. The minimum Gasteiger partial charge on any atom is -0.479 e. The summed E-state index contributed by atoms with van der Waals surface area (Å²) in [5.74, 6) is -12.9. The van der Waals surface area contributed by atoms with E-state index in [1.165, 1.54) is 0 Å². The van der Waals surface area contributed by atoms with Crippen molar-refractivity contribution in [1.29, 1.82) is 0 Å². The summed E-state index contributed by atoms with van der Waals surface area (Å²) in [6, 6.07) is 0. The van der Waals surface area contributed by atoms with Gasteiger partial charge in [-0.2, -0.15) is 8.78 Å². The summed E-state index contributed by atoms with van der Waals surface area (Å²) < 4.78 is 68.1. The lowest BCUT2D eigenvalue weighted by molar-refractivity contribution is 0.281. The molecule has 0 fully saturated rings. The van der Waals surface area contributed by atoms with Gasteiger partial charge >= 0.3 is 0 Å². The van der Waals surface area contributed by atoms with Gasteiger partial charge in [0, 0.05) is 0 Å². The molecule has 0 spiro atoms. The van der Waals surface area contributed by atoms with Crippen LogP contribution in [0.15, 0.2) is 5.16 Å². The minimum absolute atomic E-state index is 0.603. The smallest absolute Gasteiger partial charge is 0.207 e. The topological polar surface area (TPSA) is 67.8 Å². The van der Waals surface area contributed by atoms with Gasteiger partial charge in [-0.25, -0.2) is 13.2 Å². The second kappa shape index (κ2) is 4.85. The molecule has 1 aromatic carbocycles. The maximum atomic E-state index is 13.0. The number of halogens is 5. The van der Waals surface area contributed by atoms with E-state index in [2.05, 4.69) is 9.89 Å². The Morgan fingerprint density at radius 1 is 1.00 bits per heavy atom. The quantitative estimate of drug-likeness (QED) is 0.164. The maximum absolute atomic E-state index is 13.0. The van der Waals surface area contributed by atoms with Crippen LogP contribution in [0.1, 0.15) is 0 Å². The van der Waals surface area contributed by atoms with Gasteiger partial charge in [-0.1, -0.05) is 5.16 Å². The molecule has 0 radical (unpaired) electrons. The highest BCUT2D eigenvalue weighted by Gasteiger charge is 2.27. The van der Waals surface area contributed by atoms with E-state index in [-0.39, 0.29) is 0 Å². The molecular weight excluding hydrogens is 251 g/mol. The Morgan fingerprint density at radius 3 is 1.82 bits per heavy atom. The van der Waals surface area contributed by atoms with Gasteiger partial charge in [-0.3, -0.25) is 0 Å². The zero-order chi connectivity index (χ0) is 13.2. The van der Waals surface area contributed by atoms with Crippen LogP contribution < -0.4 is 10.5 Å². The van der Waals surface area contributed by atoms with Crippen molar-refractivity contribution >= 4 is 5.84 Å². The van der Waals surface area contributed by atoms with Crippen molar-refractivity contribution in [2.75, 3.05) is 6.61 Å². The van der Waals surface area contributed by atoms with Crippen molar-refractivity contribution in [3.63, 3.8) is 0 Å². The highest BCUT2D eigenvalue weighted by Crippen LogP contribution is 2.28. The van der Waals surface area contributed by atoms with E-state index in [1.54, 1.807) is 0 Å². The summed E-state index contributed by atoms with van der Waals surface area (Å²) in [6.07, 6.45) is 0.